The van der Waals surface area contributed by atoms with Crippen LogP contribution < -0.4 is 4.74 Å². The zero-order chi connectivity index (χ0) is 25.8. The number of benzene rings is 2. The third kappa shape index (κ3) is 6.10. The number of halogens is 1. The van der Waals surface area contributed by atoms with Gasteiger partial charge in [-0.1, -0.05) is 13.0 Å². The predicted octanol–water partition coefficient (Wildman–Crippen LogP) is 6.18. The van der Waals surface area contributed by atoms with Crippen LogP contribution in [0.25, 0.3) is 11.1 Å². The Hall–Kier alpha value is -3.61. The minimum atomic E-state index is -0.781. The molecule has 0 saturated heterocycles. The molecule has 1 N–H and O–H groups in total. The van der Waals surface area contributed by atoms with Crippen LogP contribution in [0.2, 0.25) is 0 Å². The lowest BCUT2D eigenvalue weighted by atomic mass is 9.90. The van der Waals surface area contributed by atoms with Crippen molar-refractivity contribution in [3.8, 4) is 16.9 Å². The zero-order valence-electron chi connectivity index (χ0n) is 21.0. The first-order valence-electron chi connectivity index (χ1n) is 11.6. The maximum absolute atomic E-state index is 14.5. The number of nitrogens with one attached hydrogen (secondary N) is 1. The quantitative estimate of drug-likeness (QED) is 0.389. The van der Waals surface area contributed by atoms with Gasteiger partial charge in [-0.2, -0.15) is 0 Å². The van der Waals surface area contributed by atoms with Crippen LogP contribution in [-0.2, 0) is 14.3 Å². The summed E-state index contributed by atoms with van der Waals surface area (Å²) in [6.07, 6.45) is 2.54. The molecule has 0 aliphatic rings. The van der Waals surface area contributed by atoms with Crippen LogP contribution in [-0.4, -0.2) is 36.2 Å². The minimum absolute atomic E-state index is 0.158. The van der Waals surface area contributed by atoms with Gasteiger partial charge in [0.25, 0.3) is 0 Å². The molecule has 1 aromatic heterocycles. The van der Waals surface area contributed by atoms with Gasteiger partial charge in [0.05, 0.1) is 19.3 Å². The molecule has 0 aliphatic heterocycles. The Balaban J connectivity index is 2.21. The molecule has 0 fully saturated rings. The molecule has 6 nitrogen and oxygen atoms in total. The summed E-state index contributed by atoms with van der Waals surface area (Å²) in [4.78, 5) is 28.7. The molecule has 2 aromatic carbocycles. The largest absolute Gasteiger partial charge is 0.493 e. The van der Waals surface area contributed by atoms with Gasteiger partial charge in [0.1, 0.15) is 23.1 Å². The number of carbonyl (C=O) groups excluding carboxylic acids is 2. The monoisotopic (exact) mass is 481 g/mol. The van der Waals surface area contributed by atoms with Crippen LogP contribution in [0, 0.1) is 12.7 Å². The van der Waals surface area contributed by atoms with Crippen LogP contribution in [0.5, 0.6) is 5.75 Å². The van der Waals surface area contributed by atoms with Gasteiger partial charge in [-0.05, 0) is 87.2 Å². The van der Waals surface area contributed by atoms with Crippen molar-refractivity contribution in [3.05, 3.63) is 76.9 Å². The van der Waals surface area contributed by atoms with Crippen molar-refractivity contribution >= 4 is 11.9 Å². The Morgan fingerprint density at radius 1 is 1.11 bits per heavy atom. The van der Waals surface area contributed by atoms with E-state index >= 15 is 0 Å². The fraction of sp³-hybridized carbons (Fsp3) is 0.357. The first kappa shape index (κ1) is 26.0. The highest BCUT2D eigenvalue weighted by molar-refractivity contribution is 5.92. The number of hydrogen-bond acceptors (Lipinski definition) is 5. The third-order valence-corrected chi connectivity index (χ3v) is 5.39. The molecule has 3 rings (SSSR count). The molecule has 1 unspecified atom stereocenters. The maximum Gasteiger partial charge on any atom is 0.340 e. The number of aryl methyl sites for hydroxylation is 1. The summed E-state index contributed by atoms with van der Waals surface area (Å²) >= 11 is 0. The molecule has 0 saturated carbocycles. The molecule has 7 heteroatoms. The van der Waals surface area contributed by atoms with Crippen molar-refractivity contribution in [2.75, 3.05) is 13.7 Å². The van der Waals surface area contributed by atoms with Gasteiger partial charge in [-0.3, -0.25) is 4.79 Å². The molecule has 35 heavy (non-hydrogen) atoms. The van der Waals surface area contributed by atoms with Crippen molar-refractivity contribution in [3.63, 3.8) is 0 Å². The molecule has 3 aromatic rings. The molecule has 0 bridgehead atoms. The Kier molecular flexibility index (Phi) is 7.99. The summed E-state index contributed by atoms with van der Waals surface area (Å²) in [6, 6.07) is 11.9. The summed E-state index contributed by atoms with van der Waals surface area (Å²) in [5.74, 6) is -2.07. The van der Waals surface area contributed by atoms with E-state index in [-0.39, 0.29) is 5.56 Å². The van der Waals surface area contributed by atoms with E-state index in [9.17, 15) is 14.0 Å². The summed E-state index contributed by atoms with van der Waals surface area (Å²) in [5, 5.41) is 0. The van der Waals surface area contributed by atoms with Gasteiger partial charge < -0.3 is 19.2 Å². The van der Waals surface area contributed by atoms with Gasteiger partial charge in [0, 0.05) is 17.5 Å². The number of ether oxygens (including phenoxy) is 3. The van der Waals surface area contributed by atoms with E-state index in [2.05, 4.69) is 4.98 Å². The average Bonchev–Trinajstić information content (AvgIpc) is 3.31. The highest BCUT2D eigenvalue weighted by Gasteiger charge is 2.32. The topological polar surface area (TPSA) is 77.6 Å². The highest BCUT2D eigenvalue weighted by atomic mass is 19.1. The van der Waals surface area contributed by atoms with Gasteiger partial charge in [0.15, 0.2) is 0 Å². The molecule has 0 radical (unpaired) electrons. The van der Waals surface area contributed by atoms with Crippen molar-refractivity contribution < 1.29 is 28.2 Å². The summed E-state index contributed by atoms with van der Waals surface area (Å²) in [5.41, 5.74) is 2.40. The van der Waals surface area contributed by atoms with Crippen LogP contribution >= 0.6 is 0 Å². The summed E-state index contributed by atoms with van der Waals surface area (Å²) in [7, 11) is 1.21. The van der Waals surface area contributed by atoms with E-state index in [0.717, 1.165) is 6.42 Å². The van der Waals surface area contributed by atoms with E-state index < -0.39 is 29.3 Å². The molecule has 0 spiro atoms. The molecule has 0 aliphatic carbocycles. The Morgan fingerprint density at radius 3 is 2.46 bits per heavy atom. The number of hydrogen-bond donors (Lipinski definition) is 1. The Morgan fingerprint density at radius 2 is 1.86 bits per heavy atom. The molecule has 1 heterocycles. The number of carbonyl (C=O) groups is 2. The first-order chi connectivity index (χ1) is 16.6. The van der Waals surface area contributed by atoms with E-state index in [0.29, 0.717) is 40.3 Å². The van der Waals surface area contributed by atoms with Crippen molar-refractivity contribution in [2.24, 2.45) is 0 Å². The second-order valence-corrected chi connectivity index (χ2v) is 9.33. The second kappa shape index (κ2) is 10.8. The zero-order valence-corrected chi connectivity index (χ0v) is 21.0. The van der Waals surface area contributed by atoms with Crippen molar-refractivity contribution in [1.82, 2.24) is 4.98 Å². The second-order valence-electron chi connectivity index (χ2n) is 9.33. The molecule has 1 atom stereocenters. The number of H-pyrrole nitrogens is 1. The summed E-state index contributed by atoms with van der Waals surface area (Å²) in [6.45, 7) is 9.69. The number of rotatable bonds is 8. The van der Waals surface area contributed by atoms with Gasteiger partial charge >= 0.3 is 11.9 Å². The van der Waals surface area contributed by atoms with Crippen LogP contribution in [0.3, 0.4) is 0 Å². The van der Waals surface area contributed by atoms with E-state index in [1.165, 1.54) is 19.2 Å². The van der Waals surface area contributed by atoms with E-state index in [1.807, 2.05) is 52.0 Å². The predicted molar refractivity (Wildman–Crippen MR) is 132 cm³/mol. The van der Waals surface area contributed by atoms with Gasteiger partial charge in [-0.15, -0.1) is 0 Å². The van der Waals surface area contributed by atoms with Gasteiger partial charge in [0.2, 0.25) is 0 Å². The number of esters is 2. The average molecular weight is 482 g/mol. The van der Waals surface area contributed by atoms with Crippen molar-refractivity contribution in [2.45, 2.75) is 52.6 Å². The SMILES string of the molecule is CCCOc1ccc(-c2cc(C(=O)OC)c(F)cc2C)cc1C(C(=O)OC(C)(C)C)c1ccc[nH]1. The third-order valence-electron chi connectivity index (χ3n) is 5.39. The van der Waals surface area contributed by atoms with Crippen molar-refractivity contribution in [1.29, 1.82) is 0 Å². The lowest BCUT2D eigenvalue weighted by molar-refractivity contribution is -0.155. The minimum Gasteiger partial charge on any atom is -0.493 e. The summed E-state index contributed by atoms with van der Waals surface area (Å²) < 4.78 is 31.0. The molecular weight excluding hydrogens is 449 g/mol. The maximum atomic E-state index is 14.5. The fourth-order valence-electron chi connectivity index (χ4n) is 3.84. The molecule has 186 valence electrons. The molecule has 0 amide bonds. The smallest absolute Gasteiger partial charge is 0.340 e. The number of aromatic nitrogens is 1. The van der Waals surface area contributed by atoms with Gasteiger partial charge in [-0.25, -0.2) is 9.18 Å². The van der Waals surface area contributed by atoms with Crippen LogP contribution in [0.15, 0.2) is 48.7 Å². The van der Waals surface area contributed by atoms with E-state index in [1.54, 1.807) is 19.2 Å². The lowest BCUT2D eigenvalue weighted by Gasteiger charge is -2.25. The molecular formula is C28H32FNO5. The lowest BCUT2D eigenvalue weighted by Crippen LogP contribution is -2.28. The Labute approximate surface area is 205 Å². The highest BCUT2D eigenvalue weighted by Crippen LogP contribution is 2.38. The first-order valence-corrected chi connectivity index (χ1v) is 11.6. The van der Waals surface area contributed by atoms with E-state index in [4.69, 9.17) is 14.2 Å². The number of methoxy groups -OCH3 is 1. The van der Waals surface area contributed by atoms with Crippen LogP contribution in [0.1, 0.15) is 67.2 Å². The van der Waals surface area contributed by atoms with Crippen LogP contribution in [0.4, 0.5) is 4.39 Å². The Bertz CT molecular complexity index is 1190. The number of aromatic amines is 1. The normalized spacial score (nSPS) is 12.2. The standard InChI is InChI=1S/C28H32FNO5/c1-7-13-34-24-11-10-18(19-16-20(26(31)33-6)22(29)14-17(19)2)15-21(24)25(23-9-8-12-30-23)27(32)35-28(3,4)5/h8-12,14-16,25,30H,7,13H2,1-6H3. The fourth-order valence-corrected chi connectivity index (χ4v) is 3.84.